The number of nitrogens with zero attached hydrogens (tertiary/aromatic N) is 4. The minimum absolute atomic E-state index is 0.117. The lowest BCUT2D eigenvalue weighted by atomic mass is 9.95. The van der Waals surface area contributed by atoms with Gasteiger partial charge in [0.05, 0.1) is 12.2 Å². The largest absolute Gasteiger partial charge is 0.338 e. The summed E-state index contributed by atoms with van der Waals surface area (Å²) in [6.07, 6.45) is 4.54. The van der Waals surface area contributed by atoms with Gasteiger partial charge in [0, 0.05) is 70.4 Å². The van der Waals surface area contributed by atoms with Gasteiger partial charge in [0.1, 0.15) is 0 Å². The summed E-state index contributed by atoms with van der Waals surface area (Å²) in [6, 6.07) is 11.3. The van der Waals surface area contributed by atoms with Crippen molar-refractivity contribution in [3.63, 3.8) is 0 Å². The fourth-order valence-corrected chi connectivity index (χ4v) is 4.83. The third-order valence-corrected chi connectivity index (χ3v) is 6.34. The molecule has 1 N–H and O–H groups in total. The molecule has 4 rings (SSSR count). The van der Waals surface area contributed by atoms with Gasteiger partial charge in [0.15, 0.2) is 0 Å². The Hall–Kier alpha value is -2.18. The van der Waals surface area contributed by atoms with E-state index in [1.165, 1.54) is 5.56 Å². The number of benzene rings is 1. The van der Waals surface area contributed by atoms with Crippen LogP contribution in [0.2, 0.25) is 0 Å². The van der Waals surface area contributed by atoms with E-state index in [0.29, 0.717) is 18.4 Å². The second-order valence-electron chi connectivity index (χ2n) is 8.53. The molecule has 0 aliphatic carbocycles. The molecule has 0 spiro atoms. The highest BCUT2D eigenvalue weighted by atomic mass is 16.2. The predicted molar refractivity (Wildman–Crippen MR) is 109 cm³/mol. The van der Waals surface area contributed by atoms with Crippen LogP contribution in [-0.4, -0.2) is 58.2 Å². The van der Waals surface area contributed by atoms with Gasteiger partial charge < -0.3 is 10.2 Å². The van der Waals surface area contributed by atoms with Gasteiger partial charge >= 0.3 is 0 Å². The van der Waals surface area contributed by atoms with Crippen LogP contribution in [-0.2, 0) is 18.4 Å². The summed E-state index contributed by atoms with van der Waals surface area (Å²) in [7, 11) is 3.84. The zero-order chi connectivity index (χ0) is 19.7. The van der Waals surface area contributed by atoms with Gasteiger partial charge in [0.2, 0.25) is 5.91 Å². The molecular weight excluding hydrogens is 350 g/mol. The summed E-state index contributed by atoms with van der Waals surface area (Å²) in [6.45, 7) is 6.37. The first-order valence-electron chi connectivity index (χ1n) is 10.2. The number of aryl methyl sites for hydroxylation is 1. The van der Waals surface area contributed by atoms with Crippen molar-refractivity contribution in [3.8, 4) is 0 Å². The molecule has 0 saturated carbocycles. The number of nitrogens with one attached hydrogen (secondary N) is 1. The van der Waals surface area contributed by atoms with Crippen molar-refractivity contribution in [1.82, 2.24) is 24.9 Å². The highest BCUT2D eigenvalue weighted by Gasteiger charge is 2.40. The fourth-order valence-electron chi connectivity index (χ4n) is 4.83. The molecule has 2 aliphatic heterocycles. The molecular formula is C22H31N5O. The van der Waals surface area contributed by atoms with Crippen LogP contribution in [0, 0.1) is 11.8 Å². The average Bonchev–Trinajstić information content (AvgIpc) is 3.33. The number of likely N-dealkylation sites (tertiary alicyclic amines) is 2. The van der Waals surface area contributed by atoms with Gasteiger partial charge in [-0.15, -0.1) is 0 Å². The van der Waals surface area contributed by atoms with Crippen molar-refractivity contribution in [1.29, 1.82) is 0 Å². The van der Waals surface area contributed by atoms with E-state index in [9.17, 15) is 4.79 Å². The summed E-state index contributed by atoms with van der Waals surface area (Å²) in [5.74, 6) is 1.12. The topological polar surface area (TPSA) is 53.4 Å². The number of amides is 1. The number of carbonyl (C=O) groups excluding carboxylic acids is 1. The molecule has 2 saturated heterocycles. The minimum atomic E-state index is 0.117. The SMILES string of the molecule is C[C@H]1CN(Cc2ccccc2)C[C@@H]1NC[C@@H]1CC(=O)N(C)[C@H]1c1cnn(C)c1. The quantitative estimate of drug-likeness (QED) is 0.832. The molecule has 4 atom stereocenters. The Bertz CT molecular complexity index is 804. The van der Waals surface area contributed by atoms with Crippen LogP contribution in [0.5, 0.6) is 0 Å². The summed E-state index contributed by atoms with van der Waals surface area (Å²) in [5.41, 5.74) is 2.50. The molecule has 150 valence electrons. The number of aromatic nitrogens is 2. The molecule has 3 heterocycles. The van der Waals surface area contributed by atoms with Crippen LogP contribution >= 0.6 is 0 Å². The maximum absolute atomic E-state index is 12.4. The zero-order valence-corrected chi connectivity index (χ0v) is 17.1. The van der Waals surface area contributed by atoms with Gasteiger partial charge in [-0.2, -0.15) is 5.10 Å². The Balaban J connectivity index is 1.36. The van der Waals surface area contributed by atoms with Gasteiger partial charge in [-0.25, -0.2) is 0 Å². The highest BCUT2D eigenvalue weighted by molar-refractivity contribution is 5.79. The van der Waals surface area contributed by atoms with Crippen molar-refractivity contribution in [2.75, 3.05) is 26.7 Å². The van der Waals surface area contributed by atoms with Gasteiger partial charge in [-0.05, 0) is 11.5 Å². The van der Waals surface area contributed by atoms with E-state index >= 15 is 0 Å². The monoisotopic (exact) mass is 381 g/mol. The van der Waals surface area contributed by atoms with E-state index in [4.69, 9.17) is 0 Å². The Labute approximate surface area is 167 Å². The van der Waals surface area contributed by atoms with Crippen LogP contribution in [0.4, 0.5) is 0 Å². The number of hydrogen-bond acceptors (Lipinski definition) is 4. The lowest BCUT2D eigenvalue weighted by Crippen LogP contribution is -2.39. The summed E-state index contributed by atoms with van der Waals surface area (Å²) >= 11 is 0. The van der Waals surface area contributed by atoms with Crippen molar-refractivity contribution in [3.05, 3.63) is 53.9 Å². The zero-order valence-electron chi connectivity index (χ0n) is 17.1. The molecule has 0 radical (unpaired) electrons. The molecule has 6 heteroatoms. The average molecular weight is 382 g/mol. The number of rotatable bonds is 6. The number of hydrogen-bond donors (Lipinski definition) is 1. The van der Waals surface area contributed by atoms with E-state index < -0.39 is 0 Å². The fraction of sp³-hybridized carbons (Fsp3) is 0.545. The van der Waals surface area contributed by atoms with E-state index in [2.05, 4.69) is 52.6 Å². The summed E-state index contributed by atoms with van der Waals surface area (Å²) < 4.78 is 1.82. The molecule has 1 amide bonds. The lowest BCUT2D eigenvalue weighted by molar-refractivity contribution is -0.127. The van der Waals surface area contributed by atoms with E-state index in [-0.39, 0.29) is 17.9 Å². The normalized spacial score (nSPS) is 28.4. The Morgan fingerprint density at radius 2 is 1.96 bits per heavy atom. The first-order valence-corrected chi connectivity index (χ1v) is 10.2. The molecule has 28 heavy (non-hydrogen) atoms. The summed E-state index contributed by atoms with van der Waals surface area (Å²) in [4.78, 5) is 16.8. The molecule has 1 aromatic carbocycles. The molecule has 0 unspecified atom stereocenters. The molecule has 2 aromatic rings. The van der Waals surface area contributed by atoms with Crippen LogP contribution in [0.1, 0.15) is 30.5 Å². The second-order valence-corrected chi connectivity index (χ2v) is 8.53. The predicted octanol–water partition coefficient (Wildman–Crippen LogP) is 2.05. The maximum Gasteiger partial charge on any atom is 0.223 e. The van der Waals surface area contributed by atoms with Crippen molar-refractivity contribution >= 4 is 5.91 Å². The minimum Gasteiger partial charge on any atom is -0.338 e. The van der Waals surface area contributed by atoms with Crippen LogP contribution in [0.15, 0.2) is 42.7 Å². The van der Waals surface area contributed by atoms with Crippen LogP contribution in [0.25, 0.3) is 0 Å². The third kappa shape index (κ3) is 3.98. The van der Waals surface area contributed by atoms with Crippen molar-refractivity contribution < 1.29 is 4.79 Å². The molecule has 2 fully saturated rings. The van der Waals surface area contributed by atoms with Crippen molar-refractivity contribution in [2.24, 2.45) is 18.9 Å². The highest BCUT2D eigenvalue weighted by Crippen LogP contribution is 2.36. The van der Waals surface area contributed by atoms with Crippen LogP contribution in [0.3, 0.4) is 0 Å². The third-order valence-electron chi connectivity index (χ3n) is 6.34. The Kier molecular flexibility index (Phi) is 5.51. The van der Waals surface area contributed by atoms with Gasteiger partial charge in [-0.1, -0.05) is 37.3 Å². The van der Waals surface area contributed by atoms with E-state index in [0.717, 1.165) is 31.7 Å². The first kappa shape index (κ1) is 19.2. The standard InChI is InChI=1S/C22H31N5O/c1-16-12-27(13-17-7-5-4-6-8-17)15-20(16)23-10-18-9-21(28)26(3)22(18)19-11-24-25(2)14-19/h4-8,11,14,16,18,20,22-23H,9-10,12-13,15H2,1-3H3/t16-,18-,20-,22+/m0/s1. The Morgan fingerprint density at radius 3 is 2.68 bits per heavy atom. The molecule has 2 aliphatic rings. The maximum atomic E-state index is 12.4. The molecule has 0 bridgehead atoms. The smallest absolute Gasteiger partial charge is 0.223 e. The number of carbonyl (C=O) groups is 1. The summed E-state index contributed by atoms with van der Waals surface area (Å²) in [5, 5.41) is 8.10. The molecule has 1 aromatic heterocycles. The molecule has 6 nitrogen and oxygen atoms in total. The lowest BCUT2D eigenvalue weighted by Gasteiger charge is -2.26. The first-order chi connectivity index (χ1) is 13.5. The van der Waals surface area contributed by atoms with Crippen LogP contribution < -0.4 is 5.32 Å². The van der Waals surface area contributed by atoms with Gasteiger partial charge in [-0.3, -0.25) is 14.4 Å². The van der Waals surface area contributed by atoms with E-state index in [1.807, 2.05) is 36.1 Å². The van der Waals surface area contributed by atoms with Crippen molar-refractivity contribution in [2.45, 2.75) is 32.0 Å². The van der Waals surface area contributed by atoms with E-state index in [1.54, 1.807) is 0 Å². The second kappa shape index (κ2) is 8.05. The Morgan fingerprint density at radius 1 is 1.18 bits per heavy atom. The van der Waals surface area contributed by atoms with Gasteiger partial charge in [0.25, 0.3) is 0 Å².